The van der Waals surface area contributed by atoms with Gasteiger partial charge in [-0.3, -0.25) is 18.6 Å². The standard InChI is InChI=1S/C10H20NO9P/c12-6-8(13)7-20-21(17,18)19-5-4-11-9(14)2-1-3-10(15)16/h8,12-13H,1-7H2,(H,11,14)(H,15,16)(H,17,18)/t8-/m1/s1. The van der Waals surface area contributed by atoms with Crippen LogP contribution in [0.15, 0.2) is 0 Å². The van der Waals surface area contributed by atoms with Crippen molar-refractivity contribution in [2.75, 3.05) is 26.4 Å². The van der Waals surface area contributed by atoms with Crippen LogP contribution in [0.4, 0.5) is 0 Å². The first-order valence-corrected chi connectivity index (χ1v) is 7.65. The van der Waals surface area contributed by atoms with Gasteiger partial charge in [0.2, 0.25) is 5.91 Å². The molecular weight excluding hydrogens is 309 g/mol. The maximum atomic E-state index is 11.3. The van der Waals surface area contributed by atoms with Crippen LogP contribution in [0, 0.1) is 0 Å². The molecular formula is C10H20NO9P. The maximum Gasteiger partial charge on any atom is 0.472 e. The summed E-state index contributed by atoms with van der Waals surface area (Å²) in [7, 11) is -4.35. The maximum absolute atomic E-state index is 11.3. The van der Waals surface area contributed by atoms with Crippen LogP contribution in [0.2, 0.25) is 0 Å². The molecule has 0 aromatic rings. The van der Waals surface area contributed by atoms with Gasteiger partial charge in [0, 0.05) is 19.4 Å². The van der Waals surface area contributed by atoms with Crippen LogP contribution < -0.4 is 5.32 Å². The number of hydrogen-bond acceptors (Lipinski definition) is 7. The number of aliphatic hydroxyl groups excluding tert-OH is 2. The number of nitrogens with one attached hydrogen (secondary N) is 1. The lowest BCUT2D eigenvalue weighted by Crippen LogP contribution is -2.27. The molecule has 11 heteroatoms. The van der Waals surface area contributed by atoms with Gasteiger partial charge in [-0.1, -0.05) is 0 Å². The van der Waals surface area contributed by atoms with Gasteiger partial charge in [0.05, 0.1) is 19.8 Å². The second kappa shape index (κ2) is 10.7. The number of carboxylic acids is 1. The zero-order valence-corrected chi connectivity index (χ0v) is 12.2. The fourth-order valence-corrected chi connectivity index (χ4v) is 1.87. The first-order valence-electron chi connectivity index (χ1n) is 6.16. The van der Waals surface area contributed by atoms with Gasteiger partial charge in [0.25, 0.3) is 0 Å². The van der Waals surface area contributed by atoms with Crippen molar-refractivity contribution in [3.05, 3.63) is 0 Å². The number of hydrogen-bond donors (Lipinski definition) is 5. The molecule has 0 saturated heterocycles. The van der Waals surface area contributed by atoms with Crippen molar-refractivity contribution in [2.24, 2.45) is 0 Å². The molecule has 5 N–H and O–H groups in total. The van der Waals surface area contributed by atoms with Crippen molar-refractivity contribution in [1.82, 2.24) is 5.32 Å². The fraction of sp³-hybridized carbons (Fsp3) is 0.800. The molecule has 0 radical (unpaired) electrons. The van der Waals surface area contributed by atoms with Crippen LogP contribution in [-0.2, 0) is 23.2 Å². The van der Waals surface area contributed by atoms with Crippen molar-refractivity contribution in [2.45, 2.75) is 25.4 Å². The number of carbonyl (C=O) groups excluding carboxylic acids is 1. The molecule has 0 bridgehead atoms. The highest BCUT2D eigenvalue weighted by Crippen LogP contribution is 2.42. The minimum Gasteiger partial charge on any atom is -0.481 e. The zero-order chi connectivity index (χ0) is 16.3. The summed E-state index contributed by atoms with van der Waals surface area (Å²) < 4.78 is 20.2. The van der Waals surface area contributed by atoms with Gasteiger partial charge >= 0.3 is 13.8 Å². The number of carboxylic acid groups (broad SMARTS) is 1. The topological polar surface area (TPSA) is 163 Å². The molecule has 10 nitrogen and oxygen atoms in total. The highest BCUT2D eigenvalue weighted by molar-refractivity contribution is 7.47. The van der Waals surface area contributed by atoms with Gasteiger partial charge in [-0.15, -0.1) is 0 Å². The number of carbonyl (C=O) groups is 2. The van der Waals surface area contributed by atoms with E-state index in [1.165, 1.54) is 0 Å². The Labute approximate surface area is 121 Å². The van der Waals surface area contributed by atoms with E-state index < -0.39 is 39.0 Å². The number of aliphatic hydroxyl groups is 2. The Hall–Kier alpha value is -1.03. The summed E-state index contributed by atoms with van der Waals surface area (Å²) in [5, 5.41) is 28.2. The van der Waals surface area contributed by atoms with Crippen LogP contribution in [0.1, 0.15) is 19.3 Å². The molecule has 0 aliphatic carbocycles. The number of aliphatic carboxylic acids is 1. The molecule has 0 heterocycles. The Balaban J connectivity index is 3.70. The smallest absolute Gasteiger partial charge is 0.472 e. The van der Waals surface area contributed by atoms with Gasteiger partial charge < -0.3 is 25.5 Å². The number of phosphoric acid groups is 1. The van der Waals surface area contributed by atoms with E-state index in [0.717, 1.165) is 0 Å². The first-order chi connectivity index (χ1) is 9.76. The third kappa shape index (κ3) is 12.4. The Morgan fingerprint density at radius 2 is 1.90 bits per heavy atom. The molecule has 0 spiro atoms. The molecule has 0 rings (SSSR count). The summed E-state index contributed by atoms with van der Waals surface area (Å²) >= 11 is 0. The number of phosphoric ester groups is 1. The first kappa shape index (κ1) is 20.0. The molecule has 0 aromatic carbocycles. The molecule has 1 unspecified atom stereocenters. The molecule has 0 aromatic heterocycles. The van der Waals surface area contributed by atoms with Gasteiger partial charge in [-0.25, -0.2) is 4.57 Å². The van der Waals surface area contributed by atoms with Crippen LogP contribution >= 0.6 is 7.82 Å². The van der Waals surface area contributed by atoms with E-state index in [1.54, 1.807) is 0 Å². The molecule has 124 valence electrons. The second-order valence-electron chi connectivity index (χ2n) is 4.03. The van der Waals surface area contributed by atoms with E-state index in [2.05, 4.69) is 14.4 Å². The fourth-order valence-electron chi connectivity index (χ4n) is 1.11. The minimum absolute atomic E-state index is 0.0300. The summed E-state index contributed by atoms with van der Waals surface area (Å²) in [5.41, 5.74) is 0. The molecule has 0 fully saturated rings. The van der Waals surface area contributed by atoms with Crippen LogP contribution in [0.3, 0.4) is 0 Å². The quantitative estimate of drug-likeness (QED) is 0.219. The number of rotatable bonds is 12. The van der Waals surface area contributed by atoms with Crippen LogP contribution in [0.5, 0.6) is 0 Å². The highest BCUT2D eigenvalue weighted by Gasteiger charge is 2.22. The Morgan fingerprint density at radius 1 is 1.24 bits per heavy atom. The van der Waals surface area contributed by atoms with E-state index in [-0.39, 0.29) is 32.4 Å². The van der Waals surface area contributed by atoms with E-state index in [0.29, 0.717) is 0 Å². The van der Waals surface area contributed by atoms with E-state index >= 15 is 0 Å². The Kier molecular flexibility index (Phi) is 10.1. The number of amides is 1. The summed E-state index contributed by atoms with van der Waals surface area (Å²) in [6.07, 6.45) is -1.18. The average Bonchev–Trinajstić information content (AvgIpc) is 2.40. The van der Waals surface area contributed by atoms with Crippen LogP contribution in [-0.4, -0.2) is 64.6 Å². The lowest BCUT2D eigenvalue weighted by atomic mass is 10.2. The predicted molar refractivity (Wildman–Crippen MR) is 69.3 cm³/mol. The van der Waals surface area contributed by atoms with Gasteiger partial charge in [0.1, 0.15) is 6.10 Å². The molecule has 1 amide bonds. The van der Waals surface area contributed by atoms with Gasteiger partial charge in [-0.05, 0) is 6.42 Å². The summed E-state index contributed by atoms with van der Waals surface area (Å²) in [6, 6.07) is 0. The normalized spacial score (nSPS) is 15.2. The third-order valence-corrected chi connectivity index (χ3v) is 3.10. The van der Waals surface area contributed by atoms with Gasteiger partial charge in [-0.2, -0.15) is 0 Å². The largest absolute Gasteiger partial charge is 0.481 e. The third-order valence-electron chi connectivity index (χ3n) is 2.11. The summed E-state index contributed by atoms with van der Waals surface area (Å²) in [5.74, 6) is -1.39. The zero-order valence-electron chi connectivity index (χ0n) is 11.3. The van der Waals surface area contributed by atoms with Crippen molar-refractivity contribution in [1.29, 1.82) is 0 Å². The Morgan fingerprint density at radius 3 is 2.48 bits per heavy atom. The molecule has 21 heavy (non-hydrogen) atoms. The van der Waals surface area contributed by atoms with E-state index in [9.17, 15) is 14.2 Å². The van der Waals surface area contributed by atoms with Gasteiger partial charge in [0.15, 0.2) is 0 Å². The average molecular weight is 329 g/mol. The molecule has 2 atom stereocenters. The SMILES string of the molecule is O=C(O)CCCC(=O)NCCOP(=O)(O)OC[C@H](O)CO. The minimum atomic E-state index is -4.35. The van der Waals surface area contributed by atoms with E-state index in [4.69, 9.17) is 20.2 Å². The van der Waals surface area contributed by atoms with Crippen molar-refractivity contribution in [3.8, 4) is 0 Å². The van der Waals surface area contributed by atoms with Crippen molar-refractivity contribution in [3.63, 3.8) is 0 Å². The summed E-state index contributed by atoms with van der Waals surface area (Å²) in [6.45, 7) is -1.53. The molecule has 0 saturated carbocycles. The molecule has 0 aliphatic rings. The lowest BCUT2D eigenvalue weighted by molar-refractivity contribution is -0.137. The Bertz CT molecular complexity index is 376. The predicted octanol–water partition coefficient (Wildman–Crippen LogP) is -1.16. The highest BCUT2D eigenvalue weighted by atomic mass is 31.2. The molecule has 0 aliphatic heterocycles. The monoisotopic (exact) mass is 329 g/mol. The van der Waals surface area contributed by atoms with Crippen molar-refractivity contribution >= 4 is 19.7 Å². The lowest BCUT2D eigenvalue weighted by Gasteiger charge is -2.14. The van der Waals surface area contributed by atoms with Crippen molar-refractivity contribution < 1.29 is 43.4 Å². The second-order valence-corrected chi connectivity index (χ2v) is 5.48. The summed E-state index contributed by atoms with van der Waals surface area (Å²) in [4.78, 5) is 30.6. The van der Waals surface area contributed by atoms with E-state index in [1.807, 2.05) is 0 Å². The van der Waals surface area contributed by atoms with Crippen LogP contribution in [0.25, 0.3) is 0 Å².